The van der Waals surface area contributed by atoms with Crippen molar-refractivity contribution >= 4 is 27.6 Å². The molecule has 8 heteroatoms. The van der Waals surface area contributed by atoms with Gasteiger partial charge in [-0.3, -0.25) is 0 Å². The SMILES string of the molecule is Cc1nc(N)ncc1-c1ccc(Cl)c(S(=O)(=O)NC2CC2)c1. The molecule has 1 aromatic carbocycles. The summed E-state index contributed by atoms with van der Waals surface area (Å²) in [5.41, 5.74) is 7.61. The van der Waals surface area contributed by atoms with Crippen LogP contribution in [0, 0.1) is 6.92 Å². The van der Waals surface area contributed by atoms with Crippen molar-refractivity contribution in [2.75, 3.05) is 5.73 Å². The molecule has 1 aromatic heterocycles. The van der Waals surface area contributed by atoms with Crippen molar-refractivity contribution in [2.24, 2.45) is 0 Å². The van der Waals surface area contributed by atoms with E-state index in [4.69, 9.17) is 17.3 Å². The Morgan fingerprint density at radius 2 is 2.09 bits per heavy atom. The molecule has 0 radical (unpaired) electrons. The maximum atomic E-state index is 12.4. The van der Waals surface area contributed by atoms with Crippen molar-refractivity contribution in [3.63, 3.8) is 0 Å². The summed E-state index contributed by atoms with van der Waals surface area (Å²) in [6.07, 6.45) is 3.30. The van der Waals surface area contributed by atoms with E-state index in [-0.39, 0.29) is 21.9 Å². The average Bonchev–Trinajstić information content (AvgIpc) is 3.23. The highest BCUT2D eigenvalue weighted by molar-refractivity contribution is 7.89. The third-order valence-corrected chi connectivity index (χ3v) is 5.43. The molecular formula is C14H15ClN4O2S. The normalized spacial score (nSPS) is 15.0. The van der Waals surface area contributed by atoms with Gasteiger partial charge in [-0.15, -0.1) is 0 Å². The van der Waals surface area contributed by atoms with Crippen LogP contribution in [0.4, 0.5) is 5.95 Å². The van der Waals surface area contributed by atoms with Gasteiger partial charge in [0.05, 0.1) is 10.7 Å². The molecule has 1 saturated carbocycles. The predicted molar refractivity (Wildman–Crippen MR) is 85.0 cm³/mol. The molecule has 1 aliphatic rings. The summed E-state index contributed by atoms with van der Waals surface area (Å²) in [4.78, 5) is 8.11. The van der Waals surface area contributed by atoms with Crippen LogP contribution in [0.2, 0.25) is 5.02 Å². The quantitative estimate of drug-likeness (QED) is 0.889. The minimum Gasteiger partial charge on any atom is -0.368 e. The van der Waals surface area contributed by atoms with E-state index in [1.165, 1.54) is 6.07 Å². The Morgan fingerprint density at radius 1 is 1.36 bits per heavy atom. The van der Waals surface area contributed by atoms with Crippen LogP contribution in [0.3, 0.4) is 0 Å². The standard InChI is InChI=1S/C14H15ClN4O2S/c1-8-11(7-17-14(16)18-8)9-2-5-12(15)13(6-9)22(20,21)19-10-3-4-10/h2,5-7,10,19H,3-4H2,1H3,(H2,16,17,18). The number of benzene rings is 1. The minimum absolute atomic E-state index is 0.0197. The Hall–Kier alpha value is -1.70. The van der Waals surface area contributed by atoms with E-state index in [1.54, 1.807) is 25.3 Å². The molecule has 0 unspecified atom stereocenters. The Balaban J connectivity index is 2.06. The van der Waals surface area contributed by atoms with Crippen LogP contribution in [0.25, 0.3) is 11.1 Å². The molecule has 0 atom stereocenters. The van der Waals surface area contributed by atoms with Crippen molar-refractivity contribution in [2.45, 2.75) is 30.7 Å². The average molecular weight is 339 g/mol. The van der Waals surface area contributed by atoms with Gasteiger partial charge >= 0.3 is 0 Å². The first kappa shape index (κ1) is 15.2. The van der Waals surface area contributed by atoms with Crippen molar-refractivity contribution in [3.8, 4) is 11.1 Å². The molecule has 0 spiro atoms. The van der Waals surface area contributed by atoms with E-state index in [9.17, 15) is 8.42 Å². The van der Waals surface area contributed by atoms with Crippen molar-refractivity contribution < 1.29 is 8.42 Å². The lowest BCUT2D eigenvalue weighted by atomic mass is 10.1. The monoisotopic (exact) mass is 338 g/mol. The van der Waals surface area contributed by atoms with E-state index < -0.39 is 10.0 Å². The third-order valence-electron chi connectivity index (χ3n) is 3.43. The summed E-state index contributed by atoms with van der Waals surface area (Å²) in [6.45, 7) is 1.79. The third kappa shape index (κ3) is 3.06. The molecule has 1 fully saturated rings. The molecule has 0 aliphatic heterocycles. The van der Waals surface area contributed by atoms with E-state index in [0.29, 0.717) is 16.8 Å². The number of aromatic nitrogens is 2. The maximum absolute atomic E-state index is 12.4. The first-order chi connectivity index (χ1) is 10.4. The molecule has 2 aromatic rings. The van der Waals surface area contributed by atoms with Crippen LogP contribution in [-0.2, 0) is 10.0 Å². The van der Waals surface area contributed by atoms with Gasteiger partial charge in [0.1, 0.15) is 4.90 Å². The number of rotatable bonds is 4. The molecular weight excluding hydrogens is 324 g/mol. The number of sulfonamides is 1. The van der Waals surface area contributed by atoms with Crippen LogP contribution >= 0.6 is 11.6 Å². The zero-order valence-electron chi connectivity index (χ0n) is 11.9. The van der Waals surface area contributed by atoms with Crippen LogP contribution in [0.15, 0.2) is 29.3 Å². The summed E-state index contributed by atoms with van der Waals surface area (Å²) in [5.74, 6) is 0.179. The van der Waals surface area contributed by atoms with Gasteiger partial charge in [-0.2, -0.15) is 0 Å². The number of anilines is 1. The summed E-state index contributed by atoms with van der Waals surface area (Å²) < 4.78 is 27.4. The minimum atomic E-state index is -3.63. The van der Waals surface area contributed by atoms with Gasteiger partial charge in [-0.05, 0) is 37.5 Å². The topological polar surface area (TPSA) is 98.0 Å². The van der Waals surface area contributed by atoms with Gasteiger partial charge in [0.2, 0.25) is 16.0 Å². The number of halogens is 1. The fraction of sp³-hybridized carbons (Fsp3) is 0.286. The Morgan fingerprint density at radius 3 is 2.73 bits per heavy atom. The van der Waals surface area contributed by atoms with Gasteiger partial charge in [0.25, 0.3) is 0 Å². The summed E-state index contributed by atoms with van der Waals surface area (Å²) in [5, 5.41) is 0.186. The van der Waals surface area contributed by atoms with Gasteiger partial charge in [0.15, 0.2) is 0 Å². The second-order valence-corrected chi connectivity index (χ2v) is 7.36. The first-order valence-electron chi connectivity index (χ1n) is 6.78. The van der Waals surface area contributed by atoms with E-state index >= 15 is 0 Å². The molecule has 0 saturated heterocycles. The summed E-state index contributed by atoms with van der Waals surface area (Å²) in [7, 11) is -3.63. The van der Waals surface area contributed by atoms with Crippen molar-refractivity contribution in [1.82, 2.24) is 14.7 Å². The second kappa shape index (κ2) is 5.49. The number of aryl methyl sites for hydroxylation is 1. The molecule has 3 N–H and O–H groups in total. The van der Waals surface area contributed by atoms with Crippen molar-refractivity contribution in [1.29, 1.82) is 0 Å². The van der Waals surface area contributed by atoms with Crippen molar-refractivity contribution in [3.05, 3.63) is 35.1 Å². The van der Waals surface area contributed by atoms with Gasteiger partial charge in [-0.25, -0.2) is 23.1 Å². The van der Waals surface area contributed by atoms with E-state index in [2.05, 4.69) is 14.7 Å². The second-order valence-electron chi connectivity index (χ2n) is 5.27. The lowest BCUT2D eigenvalue weighted by Crippen LogP contribution is -2.26. The summed E-state index contributed by atoms with van der Waals surface area (Å²) >= 11 is 6.07. The van der Waals surface area contributed by atoms with Crippen LogP contribution in [0.1, 0.15) is 18.5 Å². The highest BCUT2D eigenvalue weighted by Crippen LogP contribution is 2.31. The Labute approximate surface area is 133 Å². The first-order valence-corrected chi connectivity index (χ1v) is 8.64. The lowest BCUT2D eigenvalue weighted by Gasteiger charge is -2.11. The zero-order chi connectivity index (χ0) is 15.9. The molecule has 1 aliphatic carbocycles. The number of nitrogens with two attached hydrogens (primary N) is 1. The molecule has 22 heavy (non-hydrogen) atoms. The molecule has 6 nitrogen and oxygen atoms in total. The highest BCUT2D eigenvalue weighted by atomic mass is 35.5. The lowest BCUT2D eigenvalue weighted by molar-refractivity contribution is 0.581. The van der Waals surface area contributed by atoms with Gasteiger partial charge in [0, 0.05) is 17.8 Å². The van der Waals surface area contributed by atoms with Crippen LogP contribution in [0.5, 0.6) is 0 Å². The van der Waals surface area contributed by atoms with Gasteiger partial charge < -0.3 is 5.73 Å². The Bertz CT molecular complexity index is 835. The largest absolute Gasteiger partial charge is 0.368 e. The number of nitrogens with zero attached hydrogens (tertiary/aromatic N) is 2. The maximum Gasteiger partial charge on any atom is 0.242 e. The fourth-order valence-corrected chi connectivity index (χ4v) is 3.96. The number of hydrogen-bond donors (Lipinski definition) is 2. The number of nitrogens with one attached hydrogen (secondary N) is 1. The fourth-order valence-electron chi connectivity index (χ4n) is 2.13. The predicted octanol–water partition coefficient (Wildman–Crippen LogP) is 2.13. The van der Waals surface area contributed by atoms with E-state index in [1.807, 2.05) is 0 Å². The molecule has 0 amide bonds. The van der Waals surface area contributed by atoms with Gasteiger partial charge in [-0.1, -0.05) is 17.7 Å². The molecule has 1 heterocycles. The zero-order valence-corrected chi connectivity index (χ0v) is 13.4. The number of nitrogen functional groups attached to an aromatic ring is 1. The number of hydrogen-bond acceptors (Lipinski definition) is 5. The molecule has 3 rings (SSSR count). The van der Waals surface area contributed by atoms with Crippen LogP contribution < -0.4 is 10.5 Å². The Kier molecular flexibility index (Phi) is 3.80. The highest BCUT2D eigenvalue weighted by Gasteiger charge is 2.29. The van der Waals surface area contributed by atoms with E-state index in [0.717, 1.165) is 12.8 Å². The molecule has 116 valence electrons. The smallest absolute Gasteiger partial charge is 0.242 e. The summed E-state index contributed by atoms with van der Waals surface area (Å²) in [6, 6.07) is 4.86. The van der Waals surface area contributed by atoms with Crippen LogP contribution in [-0.4, -0.2) is 24.4 Å². The molecule has 0 bridgehead atoms.